The van der Waals surface area contributed by atoms with E-state index in [1.807, 2.05) is 0 Å². The van der Waals surface area contributed by atoms with Crippen molar-refractivity contribution in [2.24, 2.45) is 0 Å². The lowest BCUT2D eigenvalue weighted by atomic mass is 9.97. The van der Waals surface area contributed by atoms with Gasteiger partial charge in [0.15, 0.2) is 0 Å². The molecule has 1 nitrogen and oxygen atoms in total. The first-order valence-corrected chi connectivity index (χ1v) is 9.14. The lowest BCUT2D eigenvalue weighted by Gasteiger charge is -2.22. The Morgan fingerprint density at radius 3 is 2.60 bits per heavy atom. The summed E-state index contributed by atoms with van der Waals surface area (Å²) in [5, 5.41) is 3.60. The Morgan fingerprint density at radius 1 is 1.15 bits per heavy atom. The van der Waals surface area contributed by atoms with Crippen molar-refractivity contribution in [2.75, 3.05) is 6.54 Å². The minimum atomic E-state index is 0.193. The first kappa shape index (κ1) is 16.5. The van der Waals surface area contributed by atoms with E-state index >= 15 is 0 Å². The zero-order chi connectivity index (χ0) is 14.7. The third kappa shape index (κ3) is 3.64. The maximum absolute atomic E-state index is 3.68. The summed E-state index contributed by atoms with van der Waals surface area (Å²) < 4.78 is 3.55. The van der Waals surface area contributed by atoms with Crippen molar-refractivity contribution in [3.8, 4) is 0 Å². The molecule has 0 saturated carbocycles. The number of hydrogen-bond acceptors (Lipinski definition) is 1. The summed E-state index contributed by atoms with van der Waals surface area (Å²) in [5.41, 5.74) is 3.90. The summed E-state index contributed by atoms with van der Waals surface area (Å²) in [7, 11) is 0. The van der Waals surface area contributed by atoms with E-state index in [0.717, 1.165) is 15.5 Å². The Balaban J connectivity index is 2.56. The molecule has 2 aromatic carbocycles. The van der Waals surface area contributed by atoms with E-state index in [1.165, 1.54) is 20.3 Å². The van der Waals surface area contributed by atoms with Gasteiger partial charge in [-0.1, -0.05) is 57.0 Å². The van der Waals surface area contributed by atoms with Gasteiger partial charge in [0.1, 0.15) is 0 Å². The molecule has 0 saturated heterocycles. The minimum Gasteiger partial charge on any atom is -0.306 e. The van der Waals surface area contributed by atoms with Gasteiger partial charge in [-0.3, -0.25) is 0 Å². The topological polar surface area (TPSA) is 12.0 Å². The summed E-state index contributed by atoms with van der Waals surface area (Å²) in [5.74, 6) is 0. The minimum absolute atomic E-state index is 0.193. The molecule has 106 valence electrons. The fourth-order valence-corrected chi connectivity index (χ4v) is 3.75. The van der Waals surface area contributed by atoms with Crippen LogP contribution in [-0.2, 0) is 0 Å². The fourth-order valence-electron chi connectivity index (χ4n) is 2.22. The summed E-state index contributed by atoms with van der Waals surface area (Å²) in [4.78, 5) is 0. The van der Waals surface area contributed by atoms with Crippen molar-refractivity contribution in [1.29, 1.82) is 0 Å². The predicted molar refractivity (Wildman–Crippen MR) is 101 cm³/mol. The molecule has 0 aliphatic heterocycles. The van der Waals surface area contributed by atoms with Crippen LogP contribution in [0.15, 0.2) is 45.3 Å². The Bertz CT molecular complexity index is 611. The van der Waals surface area contributed by atoms with Crippen molar-refractivity contribution in [1.82, 2.24) is 5.32 Å². The molecule has 0 aliphatic rings. The van der Waals surface area contributed by atoms with Crippen molar-refractivity contribution in [3.05, 3.63) is 65.6 Å². The number of hydrogen-bond donors (Lipinski definition) is 1. The lowest BCUT2D eigenvalue weighted by molar-refractivity contribution is 0.625. The molecule has 0 bridgehead atoms. The van der Waals surface area contributed by atoms with Crippen LogP contribution in [0.25, 0.3) is 0 Å². The first-order valence-electron chi connectivity index (χ1n) is 6.48. The van der Waals surface area contributed by atoms with Gasteiger partial charge in [0, 0.05) is 12.5 Å². The third-order valence-corrected chi connectivity index (χ3v) is 5.90. The molecule has 4 heteroatoms. The van der Waals surface area contributed by atoms with E-state index in [4.69, 9.17) is 0 Å². The second-order valence-electron chi connectivity index (χ2n) is 4.63. The molecule has 1 atom stereocenters. The largest absolute Gasteiger partial charge is 0.306 e. The van der Waals surface area contributed by atoms with Gasteiger partial charge >= 0.3 is 0 Å². The quantitative estimate of drug-likeness (QED) is 0.513. The van der Waals surface area contributed by atoms with Crippen molar-refractivity contribution < 1.29 is 0 Å². The summed E-state index contributed by atoms with van der Waals surface area (Å²) in [6, 6.07) is 13.0. The highest BCUT2D eigenvalue weighted by atomic mass is 127. The van der Waals surface area contributed by atoms with Gasteiger partial charge in [0.25, 0.3) is 0 Å². The second-order valence-corrected chi connectivity index (χ2v) is 7.48. The molecule has 0 radical (unpaired) electrons. The van der Waals surface area contributed by atoms with Gasteiger partial charge in [-0.2, -0.15) is 0 Å². The number of benzene rings is 2. The molecule has 0 amide bonds. The SMILES string of the molecule is CCNC(c1cc(Br)ccc1Br)c1cccc(C)c1I. The Morgan fingerprint density at radius 2 is 1.90 bits per heavy atom. The third-order valence-electron chi connectivity index (χ3n) is 3.21. The van der Waals surface area contributed by atoms with Crippen LogP contribution in [0.4, 0.5) is 0 Å². The van der Waals surface area contributed by atoms with Gasteiger partial charge < -0.3 is 5.32 Å². The van der Waals surface area contributed by atoms with E-state index in [2.05, 4.69) is 110 Å². The molecule has 2 aromatic rings. The molecule has 2 rings (SSSR count). The van der Waals surface area contributed by atoms with Gasteiger partial charge in [-0.15, -0.1) is 0 Å². The van der Waals surface area contributed by atoms with Gasteiger partial charge in [0.05, 0.1) is 6.04 Å². The average Bonchev–Trinajstić information content (AvgIpc) is 2.43. The van der Waals surface area contributed by atoms with Crippen molar-refractivity contribution in [3.63, 3.8) is 0 Å². The van der Waals surface area contributed by atoms with Crippen LogP contribution in [0.5, 0.6) is 0 Å². The normalized spacial score (nSPS) is 12.4. The van der Waals surface area contributed by atoms with E-state index in [0.29, 0.717) is 0 Å². The van der Waals surface area contributed by atoms with Crippen molar-refractivity contribution in [2.45, 2.75) is 19.9 Å². The van der Waals surface area contributed by atoms with Crippen LogP contribution in [-0.4, -0.2) is 6.54 Å². The highest BCUT2D eigenvalue weighted by Crippen LogP contribution is 2.33. The van der Waals surface area contributed by atoms with Gasteiger partial charge in [-0.05, 0) is 70.9 Å². The lowest BCUT2D eigenvalue weighted by Crippen LogP contribution is -2.23. The number of aryl methyl sites for hydroxylation is 1. The highest BCUT2D eigenvalue weighted by molar-refractivity contribution is 14.1. The predicted octanol–water partition coefficient (Wildman–Crippen LogP) is 5.82. The molecule has 0 fully saturated rings. The molecule has 0 aromatic heterocycles. The van der Waals surface area contributed by atoms with Crippen LogP contribution in [0.2, 0.25) is 0 Å². The van der Waals surface area contributed by atoms with E-state index < -0.39 is 0 Å². The Labute approximate surface area is 150 Å². The second kappa shape index (κ2) is 7.38. The van der Waals surface area contributed by atoms with E-state index in [1.54, 1.807) is 0 Å². The summed E-state index contributed by atoms with van der Waals surface area (Å²) in [6.07, 6.45) is 0. The van der Waals surface area contributed by atoms with E-state index in [9.17, 15) is 0 Å². The van der Waals surface area contributed by atoms with E-state index in [-0.39, 0.29) is 6.04 Å². The molecular formula is C16H16Br2IN. The smallest absolute Gasteiger partial charge is 0.0598 e. The highest BCUT2D eigenvalue weighted by Gasteiger charge is 2.19. The monoisotopic (exact) mass is 507 g/mol. The maximum atomic E-state index is 3.68. The molecule has 0 heterocycles. The molecule has 1 unspecified atom stereocenters. The Kier molecular flexibility index (Phi) is 6.08. The van der Waals surface area contributed by atoms with Crippen molar-refractivity contribution >= 4 is 54.5 Å². The molecule has 0 aliphatic carbocycles. The fraction of sp³-hybridized carbons (Fsp3) is 0.250. The first-order chi connectivity index (χ1) is 9.54. The molecule has 1 N–H and O–H groups in total. The van der Waals surface area contributed by atoms with Crippen LogP contribution < -0.4 is 5.32 Å². The maximum Gasteiger partial charge on any atom is 0.0598 e. The van der Waals surface area contributed by atoms with Crippen LogP contribution in [0.3, 0.4) is 0 Å². The van der Waals surface area contributed by atoms with Gasteiger partial charge in [0.2, 0.25) is 0 Å². The number of rotatable bonds is 4. The van der Waals surface area contributed by atoms with Gasteiger partial charge in [-0.25, -0.2) is 0 Å². The summed E-state index contributed by atoms with van der Waals surface area (Å²) >= 11 is 9.69. The van der Waals surface area contributed by atoms with Crippen LogP contribution in [0, 0.1) is 10.5 Å². The standard InChI is InChI=1S/C16H16Br2IN/c1-3-20-16(12-6-4-5-10(2)15(12)19)13-9-11(17)7-8-14(13)18/h4-9,16,20H,3H2,1-2H3. The summed E-state index contributed by atoms with van der Waals surface area (Å²) in [6.45, 7) is 5.22. The Hall–Kier alpha value is 0.0900. The molecular weight excluding hydrogens is 493 g/mol. The zero-order valence-electron chi connectivity index (χ0n) is 11.4. The average molecular weight is 509 g/mol. The van der Waals surface area contributed by atoms with Crippen LogP contribution in [0.1, 0.15) is 29.7 Å². The number of halogens is 3. The number of nitrogens with one attached hydrogen (secondary N) is 1. The van der Waals surface area contributed by atoms with Crippen LogP contribution >= 0.6 is 54.5 Å². The molecule has 20 heavy (non-hydrogen) atoms. The molecule has 0 spiro atoms. The zero-order valence-corrected chi connectivity index (χ0v) is 16.7.